The molecule has 0 fully saturated rings. The number of carbonyl (C=O) groups is 4. The number of hydrogen-bond donors (Lipinski definition) is 1. The van der Waals surface area contributed by atoms with Gasteiger partial charge in [0.2, 0.25) is 5.91 Å². The predicted octanol–water partition coefficient (Wildman–Crippen LogP) is -0.371. The number of methoxy groups -OCH3 is 1. The van der Waals surface area contributed by atoms with E-state index in [2.05, 4.69) is 28.4 Å². The van der Waals surface area contributed by atoms with E-state index in [1.807, 2.05) is 0 Å². The minimum absolute atomic E-state index is 0.394. The number of esters is 3. The molecule has 0 unspecified atom stereocenters. The van der Waals surface area contributed by atoms with Gasteiger partial charge in [0.1, 0.15) is 0 Å². The van der Waals surface area contributed by atoms with Gasteiger partial charge in [0.15, 0.2) is 0 Å². The van der Waals surface area contributed by atoms with E-state index < -0.39 is 23.8 Å². The molecule has 1 heterocycles. The third kappa shape index (κ3) is 13.3. The summed E-state index contributed by atoms with van der Waals surface area (Å²) in [5, 5.41) is 0. The summed E-state index contributed by atoms with van der Waals surface area (Å²) in [6, 6.07) is 0. The Labute approximate surface area is 104 Å². The van der Waals surface area contributed by atoms with Gasteiger partial charge in [-0.25, -0.2) is 14.4 Å². The number of primary amides is 1. The molecule has 0 atom stereocenters. The van der Waals surface area contributed by atoms with Gasteiger partial charge in [-0.15, -0.1) is 0 Å². The number of ether oxygens (including phenoxy) is 2. The van der Waals surface area contributed by atoms with E-state index in [1.165, 1.54) is 7.11 Å². The van der Waals surface area contributed by atoms with Crippen LogP contribution in [-0.2, 0) is 28.7 Å². The molecular formula is C11H13NO6. The highest BCUT2D eigenvalue weighted by Gasteiger charge is 2.10. The molecule has 7 heteroatoms. The second-order valence-corrected chi connectivity index (χ2v) is 2.41. The topological polar surface area (TPSA) is 113 Å². The first-order chi connectivity index (χ1) is 8.37. The van der Waals surface area contributed by atoms with Gasteiger partial charge < -0.3 is 15.2 Å². The molecule has 1 aliphatic heterocycles. The average molecular weight is 255 g/mol. The highest BCUT2D eigenvalue weighted by Crippen LogP contribution is 1.92. The Morgan fingerprint density at radius 3 is 1.67 bits per heavy atom. The van der Waals surface area contributed by atoms with Crippen LogP contribution in [0, 0.1) is 0 Å². The van der Waals surface area contributed by atoms with Crippen LogP contribution in [0.4, 0.5) is 0 Å². The second-order valence-electron chi connectivity index (χ2n) is 2.41. The fourth-order valence-electron chi connectivity index (χ4n) is 0.387. The minimum Gasteiger partial charge on any atom is -0.466 e. The zero-order valence-electron chi connectivity index (χ0n) is 9.75. The van der Waals surface area contributed by atoms with Gasteiger partial charge in [0.25, 0.3) is 0 Å². The van der Waals surface area contributed by atoms with Crippen molar-refractivity contribution in [3.63, 3.8) is 0 Å². The third-order valence-corrected chi connectivity index (χ3v) is 1.13. The van der Waals surface area contributed by atoms with Crippen molar-refractivity contribution in [2.45, 2.75) is 0 Å². The molecule has 2 N–H and O–H groups in total. The summed E-state index contributed by atoms with van der Waals surface area (Å²) >= 11 is 0. The Morgan fingerprint density at radius 1 is 1.22 bits per heavy atom. The van der Waals surface area contributed by atoms with Gasteiger partial charge in [-0.05, 0) is 6.08 Å². The Hall–Kier alpha value is -2.70. The van der Waals surface area contributed by atoms with E-state index in [0.29, 0.717) is 0 Å². The van der Waals surface area contributed by atoms with Crippen molar-refractivity contribution < 1.29 is 28.7 Å². The minimum atomic E-state index is -0.579. The Bertz CT molecular complexity index is 367. The van der Waals surface area contributed by atoms with Crippen molar-refractivity contribution in [1.82, 2.24) is 0 Å². The fourth-order valence-corrected chi connectivity index (χ4v) is 0.387. The summed E-state index contributed by atoms with van der Waals surface area (Å²) in [6.45, 7) is 6.24. The second kappa shape index (κ2) is 10.8. The molecule has 1 rings (SSSR count). The van der Waals surface area contributed by atoms with E-state index in [1.54, 1.807) is 0 Å². The summed E-state index contributed by atoms with van der Waals surface area (Å²) in [5.74, 6) is -2.03. The molecule has 18 heavy (non-hydrogen) atoms. The smallest absolute Gasteiger partial charge is 0.338 e. The molecule has 0 aromatic rings. The maximum Gasteiger partial charge on any atom is 0.338 e. The van der Waals surface area contributed by atoms with E-state index >= 15 is 0 Å². The molecular weight excluding hydrogens is 242 g/mol. The van der Waals surface area contributed by atoms with Crippen LogP contribution in [0.1, 0.15) is 0 Å². The molecule has 0 spiro atoms. The molecule has 1 amide bonds. The summed E-state index contributed by atoms with van der Waals surface area (Å²) in [6.07, 6.45) is 4.34. The predicted molar refractivity (Wildman–Crippen MR) is 61.8 cm³/mol. The van der Waals surface area contributed by atoms with E-state index in [-0.39, 0.29) is 0 Å². The molecule has 0 saturated heterocycles. The van der Waals surface area contributed by atoms with Gasteiger partial charge >= 0.3 is 17.9 Å². The number of nitrogens with two attached hydrogens (primary N) is 1. The van der Waals surface area contributed by atoms with Gasteiger partial charge in [-0.3, -0.25) is 4.79 Å². The van der Waals surface area contributed by atoms with Crippen molar-refractivity contribution in [2.75, 3.05) is 7.11 Å². The van der Waals surface area contributed by atoms with Gasteiger partial charge in [-0.2, -0.15) is 0 Å². The van der Waals surface area contributed by atoms with Crippen LogP contribution in [0.5, 0.6) is 0 Å². The zero-order chi connectivity index (χ0) is 14.6. The van der Waals surface area contributed by atoms with Crippen molar-refractivity contribution in [2.24, 2.45) is 5.73 Å². The van der Waals surface area contributed by atoms with Crippen molar-refractivity contribution >= 4 is 23.8 Å². The largest absolute Gasteiger partial charge is 0.466 e. The zero-order valence-corrected chi connectivity index (χ0v) is 9.75. The van der Waals surface area contributed by atoms with E-state index in [0.717, 1.165) is 24.3 Å². The quantitative estimate of drug-likeness (QED) is 0.409. The standard InChI is InChI=1S/C4H2O3.C4H6O2.C3H5NO/c5-3-1-2-4(6)7-3;1-3-4(5)6-2;1-2-3(4)5/h1-2H;3H,1H2,2H3;2H,1H2,(H2,4,5). The van der Waals surface area contributed by atoms with Crippen LogP contribution in [-0.4, -0.2) is 30.9 Å². The maximum atomic E-state index is 9.92. The molecule has 0 bridgehead atoms. The first kappa shape index (κ1) is 17.7. The van der Waals surface area contributed by atoms with Crippen LogP contribution in [0.25, 0.3) is 0 Å². The summed E-state index contributed by atoms with van der Waals surface area (Å²) in [7, 11) is 1.31. The SMILES string of the molecule is C=CC(=O)OC.C=CC(N)=O.O=C1C=CC(=O)O1. The summed E-state index contributed by atoms with van der Waals surface area (Å²) in [5.41, 5.74) is 4.53. The summed E-state index contributed by atoms with van der Waals surface area (Å²) < 4.78 is 8.11. The lowest BCUT2D eigenvalue weighted by molar-refractivity contribution is -0.150. The van der Waals surface area contributed by atoms with Gasteiger partial charge in [-0.1, -0.05) is 13.2 Å². The molecule has 7 nitrogen and oxygen atoms in total. The van der Waals surface area contributed by atoms with Crippen molar-refractivity contribution in [1.29, 1.82) is 0 Å². The lowest BCUT2D eigenvalue weighted by Crippen LogP contribution is -2.04. The van der Waals surface area contributed by atoms with Gasteiger partial charge in [0.05, 0.1) is 7.11 Å². The highest BCUT2D eigenvalue weighted by atomic mass is 16.6. The molecule has 0 aromatic carbocycles. The third-order valence-electron chi connectivity index (χ3n) is 1.13. The number of amides is 1. The van der Waals surface area contributed by atoms with Crippen LogP contribution in [0.15, 0.2) is 37.5 Å². The van der Waals surface area contributed by atoms with E-state index in [4.69, 9.17) is 0 Å². The highest BCUT2D eigenvalue weighted by molar-refractivity contribution is 6.04. The van der Waals surface area contributed by atoms with E-state index in [9.17, 15) is 19.2 Å². The molecule has 0 saturated carbocycles. The first-order valence-electron chi connectivity index (χ1n) is 4.43. The maximum absolute atomic E-state index is 9.92. The molecule has 98 valence electrons. The number of cyclic esters (lactones) is 2. The molecule has 0 aromatic heterocycles. The average Bonchev–Trinajstić information content (AvgIpc) is 2.73. The Morgan fingerprint density at radius 2 is 1.61 bits per heavy atom. The lowest BCUT2D eigenvalue weighted by atomic mass is 10.6. The number of hydrogen-bond acceptors (Lipinski definition) is 6. The fraction of sp³-hybridized carbons (Fsp3) is 0.0909. The van der Waals surface area contributed by atoms with Crippen LogP contribution < -0.4 is 5.73 Å². The molecule has 1 aliphatic rings. The monoisotopic (exact) mass is 255 g/mol. The van der Waals surface area contributed by atoms with Crippen LogP contribution in [0.3, 0.4) is 0 Å². The van der Waals surface area contributed by atoms with Crippen LogP contribution >= 0.6 is 0 Å². The summed E-state index contributed by atoms with van der Waals surface area (Å²) in [4.78, 5) is 39.2. The van der Waals surface area contributed by atoms with Gasteiger partial charge in [0, 0.05) is 18.2 Å². The molecule has 0 radical (unpaired) electrons. The molecule has 0 aliphatic carbocycles. The van der Waals surface area contributed by atoms with Crippen molar-refractivity contribution in [3.05, 3.63) is 37.5 Å². The Kier molecular flexibility index (Phi) is 10.6. The van der Waals surface area contributed by atoms with Crippen molar-refractivity contribution in [3.8, 4) is 0 Å². The number of carbonyl (C=O) groups excluding carboxylic acids is 4. The Balaban J connectivity index is 0. The lowest BCUT2D eigenvalue weighted by Gasteiger charge is -1.83. The normalized spacial score (nSPS) is 10.9. The first-order valence-corrected chi connectivity index (χ1v) is 4.43. The van der Waals surface area contributed by atoms with Crippen LogP contribution in [0.2, 0.25) is 0 Å². The number of rotatable bonds is 2.